The van der Waals surface area contributed by atoms with Gasteiger partial charge in [0.15, 0.2) is 0 Å². The van der Waals surface area contributed by atoms with Gasteiger partial charge in [-0.05, 0) is 19.3 Å². The number of alkyl halides is 1. The first-order valence-electron chi connectivity index (χ1n) is 8.45. The van der Waals surface area contributed by atoms with Gasteiger partial charge < -0.3 is 19.5 Å². The third kappa shape index (κ3) is 10.5. The van der Waals surface area contributed by atoms with Crippen LogP contribution in [0.5, 0.6) is 0 Å². The molecule has 0 heterocycles. The number of rotatable bonds is 13. The van der Waals surface area contributed by atoms with Crippen LogP contribution in [0, 0.1) is 0 Å². The molecule has 0 aromatic heterocycles. The summed E-state index contributed by atoms with van der Waals surface area (Å²) in [5, 5.41) is 3.77. The third-order valence-corrected chi connectivity index (χ3v) is 4.24. The highest BCUT2D eigenvalue weighted by molar-refractivity contribution is 6.21. The van der Waals surface area contributed by atoms with E-state index in [1.807, 2.05) is 0 Å². The Morgan fingerprint density at radius 1 is 0.905 bits per heavy atom. The molecule has 5 heteroatoms. The van der Waals surface area contributed by atoms with Gasteiger partial charge in [0, 0.05) is 24.6 Å². The Hall–Kier alpha value is 0.130. The first kappa shape index (κ1) is 19.2. The normalized spacial score (nSPS) is 22.6. The molecule has 1 rings (SSSR count). The van der Waals surface area contributed by atoms with Gasteiger partial charge in [-0.2, -0.15) is 0 Å². The molecule has 1 saturated carbocycles. The molecule has 0 aliphatic heterocycles. The molecule has 1 aliphatic rings. The fourth-order valence-electron chi connectivity index (χ4n) is 2.42. The molecule has 0 bridgehead atoms. The maximum atomic E-state index is 6.29. The maximum absolute atomic E-state index is 6.29. The molecule has 1 fully saturated rings. The minimum Gasteiger partial charge on any atom is -0.379 e. The van der Waals surface area contributed by atoms with Gasteiger partial charge in [0.2, 0.25) is 0 Å². The molecule has 0 amide bonds. The zero-order chi connectivity index (χ0) is 15.2. The van der Waals surface area contributed by atoms with Gasteiger partial charge in [0.05, 0.1) is 33.0 Å². The van der Waals surface area contributed by atoms with Crippen LogP contribution in [0.1, 0.15) is 45.4 Å². The van der Waals surface area contributed by atoms with E-state index < -0.39 is 0 Å². The van der Waals surface area contributed by atoms with Crippen molar-refractivity contribution in [3.05, 3.63) is 0 Å². The fourth-order valence-corrected chi connectivity index (χ4v) is 2.79. The average molecular weight is 322 g/mol. The molecule has 1 N–H and O–H groups in total. The predicted molar refractivity (Wildman–Crippen MR) is 87.3 cm³/mol. The van der Waals surface area contributed by atoms with E-state index in [2.05, 4.69) is 12.2 Å². The number of hydrogen-bond acceptors (Lipinski definition) is 4. The summed E-state index contributed by atoms with van der Waals surface area (Å²) in [4.78, 5) is 0. The summed E-state index contributed by atoms with van der Waals surface area (Å²) in [6.45, 7) is 7.20. The fraction of sp³-hybridized carbons (Fsp3) is 1.00. The lowest BCUT2D eigenvalue weighted by atomic mass is 9.95. The van der Waals surface area contributed by atoms with Gasteiger partial charge in [-0.1, -0.05) is 26.2 Å². The van der Waals surface area contributed by atoms with Crippen LogP contribution >= 0.6 is 11.6 Å². The van der Waals surface area contributed by atoms with Crippen molar-refractivity contribution < 1.29 is 14.2 Å². The van der Waals surface area contributed by atoms with E-state index in [0.717, 1.165) is 32.6 Å². The predicted octanol–water partition coefficient (Wildman–Crippen LogP) is 2.98. The van der Waals surface area contributed by atoms with Crippen molar-refractivity contribution in [1.29, 1.82) is 0 Å². The largest absolute Gasteiger partial charge is 0.379 e. The smallest absolute Gasteiger partial charge is 0.0701 e. The molecular weight excluding hydrogens is 290 g/mol. The van der Waals surface area contributed by atoms with E-state index in [1.165, 1.54) is 25.7 Å². The summed E-state index contributed by atoms with van der Waals surface area (Å²) >= 11 is 6.29. The summed E-state index contributed by atoms with van der Waals surface area (Å²) < 4.78 is 16.4. The van der Waals surface area contributed by atoms with E-state index in [1.54, 1.807) is 0 Å². The first-order chi connectivity index (χ1) is 10.3. The molecule has 0 aromatic rings. The van der Waals surface area contributed by atoms with Crippen LogP contribution in [0.3, 0.4) is 0 Å². The van der Waals surface area contributed by atoms with Crippen LogP contribution in [0.15, 0.2) is 0 Å². The van der Waals surface area contributed by atoms with Crippen molar-refractivity contribution in [3.8, 4) is 0 Å². The first-order valence-corrected chi connectivity index (χ1v) is 8.89. The lowest BCUT2D eigenvalue weighted by Crippen LogP contribution is -2.40. The Morgan fingerprint density at radius 3 is 2.19 bits per heavy atom. The lowest BCUT2D eigenvalue weighted by molar-refractivity contribution is 0.0143. The van der Waals surface area contributed by atoms with E-state index >= 15 is 0 Å². The van der Waals surface area contributed by atoms with Crippen molar-refractivity contribution in [1.82, 2.24) is 5.32 Å². The Morgan fingerprint density at radius 2 is 1.52 bits per heavy atom. The average Bonchev–Trinajstić information content (AvgIpc) is 2.50. The minimum absolute atomic E-state index is 0.287. The van der Waals surface area contributed by atoms with Crippen molar-refractivity contribution >= 4 is 11.6 Å². The van der Waals surface area contributed by atoms with Crippen LogP contribution in [0.25, 0.3) is 0 Å². The molecule has 0 radical (unpaired) electrons. The monoisotopic (exact) mass is 321 g/mol. The van der Waals surface area contributed by atoms with Crippen molar-refractivity contribution in [3.63, 3.8) is 0 Å². The van der Waals surface area contributed by atoms with Crippen molar-refractivity contribution in [2.45, 2.75) is 56.9 Å². The van der Waals surface area contributed by atoms with Crippen LogP contribution < -0.4 is 5.32 Å². The van der Waals surface area contributed by atoms with Gasteiger partial charge in [0.25, 0.3) is 0 Å². The molecule has 126 valence electrons. The topological polar surface area (TPSA) is 39.7 Å². The maximum Gasteiger partial charge on any atom is 0.0701 e. The molecule has 21 heavy (non-hydrogen) atoms. The molecule has 0 spiro atoms. The zero-order valence-electron chi connectivity index (χ0n) is 13.4. The van der Waals surface area contributed by atoms with Crippen molar-refractivity contribution in [2.24, 2.45) is 0 Å². The highest BCUT2D eigenvalue weighted by Crippen LogP contribution is 2.22. The van der Waals surface area contributed by atoms with Gasteiger partial charge in [-0.25, -0.2) is 0 Å². The highest BCUT2D eigenvalue weighted by atomic mass is 35.5. The van der Waals surface area contributed by atoms with Crippen LogP contribution in [0.2, 0.25) is 0 Å². The summed E-state index contributed by atoms with van der Waals surface area (Å²) in [5.74, 6) is 0. The minimum atomic E-state index is 0.287. The second kappa shape index (κ2) is 13.8. The van der Waals surface area contributed by atoms with Gasteiger partial charge in [-0.15, -0.1) is 11.6 Å². The molecule has 2 atom stereocenters. The molecule has 2 unspecified atom stereocenters. The summed E-state index contributed by atoms with van der Waals surface area (Å²) in [6.07, 6.45) is 7.18. The van der Waals surface area contributed by atoms with Gasteiger partial charge >= 0.3 is 0 Å². The lowest BCUT2D eigenvalue weighted by Gasteiger charge is -2.27. The summed E-state index contributed by atoms with van der Waals surface area (Å²) in [5.41, 5.74) is 0. The molecular formula is C16H32ClNO3. The zero-order valence-corrected chi connectivity index (χ0v) is 14.2. The van der Waals surface area contributed by atoms with E-state index in [4.69, 9.17) is 25.8 Å². The summed E-state index contributed by atoms with van der Waals surface area (Å²) in [6, 6.07) is 0.459. The molecule has 4 nitrogen and oxygen atoms in total. The number of halogens is 1. The van der Waals surface area contributed by atoms with E-state index in [-0.39, 0.29) is 5.38 Å². The van der Waals surface area contributed by atoms with Crippen molar-refractivity contribution in [2.75, 3.05) is 46.2 Å². The van der Waals surface area contributed by atoms with Crippen LogP contribution in [-0.4, -0.2) is 57.6 Å². The van der Waals surface area contributed by atoms with Gasteiger partial charge in [-0.3, -0.25) is 0 Å². The summed E-state index contributed by atoms with van der Waals surface area (Å²) in [7, 11) is 0. The Kier molecular flexibility index (Phi) is 12.6. The number of nitrogens with one attached hydrogen (secondary N) is 1. The van der Waals surface area contributed by atoms with Gasteiger partial charge in [0.1, 0.15) is 0 Å². The third-order valence-electron chi connectivity index (χ3n) is 3.72. The Labute approximate surface area is 134 Å². The standard InChI is InChI=1S/C16H32ClNO3/c1-2-3-9-19-11-13-21-14-12-20-10-8-18-16-7-5-4-6-15(16)17/h15-16,18H,2-14H2,1H3. The number of hydrogen-bond donors (Lipinski definition) is 1. The number of unbranched alkanes of at least 4 members (excludes halogenated alkanes) is 1. The van der Waals surface area contributed by atoms with Crippen LogP contribution in [-0.2, 0) is 14.2 Å². The highest BCUT2D eigenvalue weighted by Gasteiger charge is 2.21. The van der Waals surface area contributed by atoms with E-state index in [0.29, 0.717) is 32.5 Å². The Balaban J connectivity index is 1.76. The van der Waals surface area contributed by atoms with Crippen LogP contribution in [0.4, 0.5) is 0 Å². The number of ether oxygens (including phenoxy) is 3. The Bertz CT molecular complexity index is 232. The molecule has 0 saturated heterocycles. The second-order valence-electron chi connectivity index (χ2n) is 5.55. The van der Waals surface area contributed by atoms with E-state index in [9.17, 15) is 0 Å². The quantitative estimate of drug-likeness (QED) is 0.418. The molecule has 0 aromatic carbocycles. The SMILES string of the molecule is CCCCOCCOCCOCCNC1CCCCC1Cl. The second-order valence-corrected chi connectivity index (χ2v) is 6.11. The molecule has 1 aliphatic carbocycles.